The second kappa shape index (κ2) is 7.62. The van der Waals surface area contributed by atoms with Gasteiger partial charge in [-0.15, -0.1) is 12.4 Å². The highest BCUT2D eigenvalue weighted by Crippen LogP contribution is 2.25. The molecule has 3 rings (SSSR count). The molecule has 1 aliphatic carbocycles. The highest BCUT2D eigenvalue weighted by atomic mass is 35.5. The monoisotopic (exact) mass is 334 g/mol. The van der Waals surface area contributed by atoms with Gasteiger partial charge >= 0.3 is 0 Å². The van der Waals surface area contributed by atoms with Crippen LogP contribution in [0.15, 0.2) is 36.4 Å². The van der Waals surface area contributed by atoms with E-state index in [1.807, 2.05) is 43.3 Å². The molecule has 1 aliphatic rings. The number of carbonyl (C=O) groups excluding carboxylic acids is 1. The number of hydrogen-bond donors (Lipinski definition) is 2. The lowest BCUT2D eigenvalue weighted by atomic mass is 10.0. The highest BCUT2D eigenvalue weighted by molar-refractivity contribution is 5.92. The Bertz CT molecular complexity index is 656. The van der Waals surface area contributed by atoms with Gasteiger partial charge in [-0.25, -0.2) is 4.68 Å². The summed E-state index contributed by atoms with van der Waals surface area (Å²) in [5, 5.41) is 7.54. The smallest absolute Gasteiger partial charge is 0.272 e. The first-order chi connectivity index (χ1) is 10.7. The summed E-state index contributed by atoms with van der Waals surface area (Å²) in [6.07, 6.45) is 3.23. The number of para-hydroxylation sites is 1. The van der Waals surface area contributed by atoms with Gasteiger partial charge in [0.25, 0.3) is 5.91 Å². The SMILES string of the molecule is Cc1cc(C(=O)NC2CCCC2CN)nn1-c1ccccc1.Cl. The molecule has 1 saturated carbocycles. The van der Waals surface area contributed by atoms with Crippen molar-refractivity contribution >= 4 is 18.3 Å². The molecule has 2 aromatic rings. The minimum absolute atomic E-state index is 0. The van der Waals surface area contributed by atoms with Crippen LogP contribution < -0.4 is 11.1 Å². The first kappa shape index (κ1) is 17.5. The average molecular weight is 335 g/mol. The molecule has 0 bridgehead atoms. The Kier molecular flexibility index (Phi) is 5.80. The van der Waals surface area contributed by atoms with Crippen LogP contribution in [-0.2, 0) is 0 Å². The van der Waals surface area contributed by atoms with E-state index < -0.39 is 0 Å². The minimum atomic E-state index is -0.108. The standard InChI is InChI=1S/C17H22N4O.ClH/c1-12-10-16(20-21(12)14-7-3-2-4-8-14)17(22)19-15-9-5-6-13(15)11-18;/h2-4,7-8,10,13,15H,5-6,9,11,18H2,1H3,(H,19,22);1H. The van der Waals surface area contributed by atoms with E-state index in [1.54, 1.807) is 4.68 Å². The topological polar surface area (TPSA) is 72.9 Å². The first-order valence-corrected chi connectivity index (χ1v) is 7.82. The maximum absolute atomic E-state index is 12.4. The van der Waals surface area contributed by atoms with Crippen LogP contribution >= 0.6 is 12.4 Å². The van der Waals surface area contributed by atoms with Crippen molar-refractivity contribution in [3.8, 4) is 5.69 Å². The zero-order valence-electron chi connectivity index (χ0n) is 13.2. The van der Waals surface area contributed by atoms with Gasteiger partial charge in [0.1, 0.15) is 0 Å². The molecule has 2 atom stereocenters. The van der Waals surface area contributed by atoms with E-state index in [9.17, 15) is 4.79 Å². The maximum atomic E-state index is 12.4. The Balaban J connectivity index is 0.00000192. The van der Waals surface area contributed by atoms with Crippen LogP contribution in [0.1, 0.15) is 35.4 Å². The van der Waals surface area contributed by atoms with Crippen molar-refractivity contribution in [2.75, 3.05) is 6.54 Å². The Labute approximate surface area is 142 Å². The molecule has 5 nitrogen and oxygen atoms in total. The number of hydrogen-bond acceptors (Lipinski definition) is 3. The third-order valence-corrected chi connectivity index (χ3v) is 4.40. The van der Waals surface area contributed by atoms with Gasteiger partial charge in [0.05, 0.1) is 5.69 Å². The molecule has 1 aromatic heterocycles. The molecule has 0 saturated heterocycles. The molecule has 3 N–H and O–H groups in total. The fourth-order valence-electron chi connectivity index (χ4n) is 3.17. The summed E-state index contributed by atoms with van der Waals surface area (Å²) < 4.78 is 1.80. The van der Waals surface area contributed by atoms with Gasteiger partial charge in [-0.3, -0.25) is 4.79 Å². The lowest BCUT2D eigenvalue weighted by Crippen LogP contribution is -2.40. The minimum Gasteiger partial charge on any atom is -0.348 e. The Morgan fingerprint density at radius 2 is 2.09 bits per heavy atom. The normalized spacial score (nSPS) is 20.1. The number of nitrogens with two attached hydrogens (primary N) is 1. The average Bonchev–Trinajstić information content (AvgIpc) is 3.14. The van der Waals surface area contributed by atoms with E-state index in [2.05, 4.69) is 10.4 Å². The molecule has 2 unspecified atom stereocenters. The van der Waals surface area contributed by atoms with E-state index in [1.165, 1.54) is 0 Å². The van der Waals surface area contributed by atoms with Crippen molar-refractivity contribution in [1.29, 1.82) is 0 Å². The third-order valence-electron chi connectivity index (χ3n) is 4.40. The predicted molar refractivity (Wildman–Crippen MR) is 93.2 cm³/mol. The van der Waals surface area contributed by atoms with Crippen LogP contribution in [0.4, 0.5) is 0 Å². The predicted octanol–water partition coefficient (Wildman–Crippen LogP) is 2.46. The van der Waals surface area contributed by atoms with Crippen LogP contribution in [0.3, 0.4) is 0 Å². The van der Waals surface area contributed by atoms with Crippen LogP contribution in [0.2, 0.25) is 0 Å². The number of carbonyl (C=O) groups is 1. The molecule has 124 valence electrons. The molecular formula is C17H23ClN4O. The van der Waals surface area contributed by atoms with Crippen LogP contribution in [-0.4, -0.2) is 28.3 Å². The van der Waals surface area contributed by atoms with Gasteiger partial charge in [0.2, 0.25) is 0 Å². The van der Waals surface area contributed by atoms with Crippen molar-refractivity contribution in [1.82, 2.24) is 15.1 Å². The largest absolute Gasteiger partial charge is 0.348 e. The quantitative estimate of drug-likeness (QED) is 0.902. The molecule has 6 heteroatoms. The van der Waals surface area contributed by atoms with Gasteiger partial charge in [-0.1, -0.05) is 24.6 Å². The zero-order chi connectivity index (χ0) is 15.5. The van der Waals surface area contributed by atoms with Gasteiger partial charge in [0.15, 0.2) is 5.69 Å². The van der Waals surface area contributed by atoms with Gasteiger partial charge < -0.3 is 11.1 Å². The van der Waals surface area contributed by atoms with E-state index in [-0.39, 0.29) is 24.4 Å². The summed E-state index contributed by atoms with van der Waals surface area (Å²) in [5.74, 6) is 0.282. The van der Waals surface area contributed by atoms with Crippen molar-refractivity contribution < 1.29 is 4.79 Å². The first-order valence-electron chi connectivity index (χ1n) is 7.82. The fraction of sp³-hybridized carbons (Fsp3) is 0.412. The second-order valence-corrected chi connectivity index (χ2v) is 5.92. The summed E-state index contributed by atoms with van der Waals surface area (Å²) in [4.78, 5) is 12.4. The maximum Gasteiger partial charge on any atom is 0.272 e. The van der Waals surface area contributed by atoms with Crippen molar-refractivity contribution in [3.63, 3.8) is 0 Å². The molecule has 0 spiro atoms. The van der Waals surface area contributed by atoms with Crippen LogP contribution in [0.25, 0.3) is 5.69 Å². The van der Waals surface area contributed by atoms with Gasteiger partial charge in [-0.2, -0.15) is 5.10 Å². The lowest BCUT2D eigenvalue weighted by molar-refractivity contribution is 0.0923. The number of aromatic nitrogens is 2. The molecule has 0 radical (unpaired) electrons. The zero-order valence-corrected chi connectivity index (χ0v) is 14.1. The third kappa shape index (κ3) is 3.74. The van der Waals surface area contributed by atoms with Crippen molar-refractivity contribution in [3.05, 3.63) is 47.8 Å². The Morgan fingerprint density at radius 1 is 1.35 bits per heavy atom. The molecule has 1 heterocycles. The number of rotatable bonds is 4. The highest BCUT2D eigenvalue weighted by Gasteiger charge is 2.28. The van der Waals surface area contributed by atoms with Crippen LogP contribution in [0, 0.1) is 12.8 Å². The van der Waals surface area contributed by atoms with E-state index in [0.717, 1.165) is 30.6 Å². The molecule has 23 heavy (non-hydrogen) atoms. The van der Waals surface area contributed by atoms with Gasteiger partial charge in [0, 0.05) is 11.7 Å². The van der Waals surface area contributed by atoms with E-state index in [0.29, 0.717) is 18.2 Å². The van der Waals surface area contributed by atoms with Crippen LogP contribution in [0.5, 0.6) is 0 Å². The van der Waals surface area contributed by atoms with Crippen molar-refractivity contribution in [2.24, 2.45) is 11.7 Å². The molecular weight excluding hydrogens is 312 g/mol. The Morgan fingerprint density at radius 3 is 2.78 bits per heavy atom. The van der Waals surface area contributed by atoms with E-state index >= 15 is 0 Å². The summed E-state index contributed by atoms with van der Waals surface area (Å²) >= 11 is 0. The molecule has 1 fully saturated rings. The van der Waals surface area contributed by atoms with E-state index in [4.69, 9.17) is 5.73 Å². The number of benzene rings is 1. The van der Waals surface area contributed by atoms with Crippen molar-refractivity contribution in [2.45, 2.75) is 32.2 Å². The summed E-state index contributed by atoms with van der Waals surface area (Å²) in [6, 6.07) is 11.8. The summed E-state index contributed by atoms with van der Waals surface area (Å²) in [6.45, 7) is 2.58. The summed E-state index contributed by atoms with van der Waals surface area (Å²) in [5.41, 5.74) is 8.13. The number of halogens is 1. The molecule has 0 aliphatic heterocycles. The number of amides is 1. The van der Waals surface area contributed by atoms with Gasteiger partial charge in [-0.05, 0) is 50.4 Å². The number of nitrogens with zero attached hydrogens (tertiary/aromatic N) is 2. The second-order valence-electron chi connectivity index (χ2n) is 5.92. The summed E-state index contributed by atoms with van der Waals surface area (Å²) in [7, 11) is 0. The fourth-order valence-corrected chi connectivity index (χ4v) is 3.17. The molecule has 1 amide bonds. The molecule has 1 aromatic carbocycles. The lowest BCUT2D eigenvalue weighted by Gasteiger charge is -2.18. The Hall–Kier alpha value is -1.85. The number of aryl methyl sites for hydroxylation is 1. The number of nitrogens with one attached hydrogen (secondary N) is 1.